The topological polar surface area (TPSA) is 65.0 Å². The summed E-state index contributed by atoms with van der Waals surface area (Å²) in [5, 5.41) is 14.5. The minimum absolute atomic E-state index is 0.175. The number of rotatable bonds is 6. The average Bonchev–Trinajstić information content (AvgIpc) is 2.52. The van der Waals surface area contributed by atoms with E-state index in [0.717, 1.165) is 0 Å². The molecule has 20 heavy (non-hydrogen) atoms. The normalized spacial score (nSPS) is 11.9. The Bertz CT molecular complexity index is 567. The highest BCUT2D eigenvalue weighted by atomic mass is 17.5. The third-order valence-corrected chi connectivity index (χ3v) is 2.71. The Morgan fingerprint density at radius 1 is 1.05 bits per heavy atom. The fourth-order valence-electron chi connectivity index (χ4n) is 1.75. The van der Waals surface area contributed by atoms with Gasteiger partial charge in [0.2, 0.25) is 0 Å². The van der Waals surface area contributed by atoms with Gasteiger partial charge in [-0.2, -0.15) is 4.89 Å². The Balaban J connectivity index is 2.25. The molecule has 2 rings (SSSR count). The zero-order chi connectivity index (χ0) is 14.4. The quantitative estimate of drug-likeness (QED) is 0.498. The zero-order valence-corrected chi connectivity index (χ0v) is 10.9. The number of carbonyl (C=O) groups excluding carboxylic acids is 1. The number of carbonyl (C=O) groups is 1. The van der Waals surface area contributed by atoms with Gasteiger partial charge in [0.25, 0.3) is 0 Å². The molecule has 0 heterocycles. The number of aliphatic hydroxyl groups excluding tert-OH is 1. The molecule has 0 fully saturated rings. The summed E-state index contributed by atoms with van der Waals surface area (Å²) in [5.74, 6) is -0.305. The molecule has 1 N–H and O–H groups in total. The first kappa shape index (κ1) is 14.2. The molecule has 0 aliphatic carbocycles. The summed E-state index contributed by atoms with van der Waals surface area (Å²) in [7, 11) is 1.28. The van der Waals surface area contributed by atoms with E-state index in [1.54, 1.807) is 48.5 Å². The second-order valence-corrected chi connectivity index (χ2v) is 3.99. The van der Waals surface area contributed by atoms with Gasteiger partial charge in [-0.05, 0) is 22.7 Å². The van der Waals surface area contributed by atoms with Crippen LogP contribution >= 0.6 is 0 Å². The van der Waals surface area contributed by atoms with E-state index in [2.05, 4.69) is 9.93 Å². The molecule has 0 radical (unpaired) electrons. The molecule has 0 bridgehead atoms. The van der Waals surface area contributed by atoms with E-state index in [0.29, 0.717) is 5.56 Å². The van der Waals surface area contributed by atoms with Crippen LogP contribution in [-0.4, -0.2) is 18.0 Å². The van der Waals surface area contributed by atoms with Crippen molar-refractivity contribution < 1.29 is 24.7 Å². The Hall–Kier alpha value is -2.21. The molecular weight excluding hydrogens is 260 g/mol. The van der Waals surface area contributed by atoms with Crippen molar-refractivity contribution in [1.82, 2.24) is 0 Å². The number of Topliss-reactive ketones (excluding diaryl/α,β-unsaturated/α-hetero) is 1. The number of ketones is 1. The number of hydrogen-bond donors (Lipinski definition) is 1. The van der Waals surface area contributed by atoms with Gasteiger partial charge in [0.15, 0.2) is 11.5 Å². The molecule has 104 valence electrons. The monoisotopic (exact) mass is 274 g/mol. The summed E-state index contributed by atoms with van der Waals surface area (Å²) in [4.78, 5) is 21.5. The predicted octanol–water partition coefficient (Wildman–Crippen LogP) is 2.47. The molecule has 2 aromatic carbocycles. The highest BCUT2D eigenvalue weighted by Crippen LogP contribution is 2.25. The Kier molecular flexibility index (Phi) is 4.84. The van der Waals surface area contributed by atoms with E-state index < -0.39 is 11.9 Å². The molecule has 0 aliphatic heterocycles. The molecule has 0 amide bonds. The lowest BCUT2D eigenvalue weighted by molar-refractivity contribution is -0.453. The fraction of sp³-hybridized carbons (Fsp3) is 0.133. The first-order valence-corrected chi connectivity index (χ1v) is 5.97. The highest BCUT2D eigenvalue weighted by Gasteiger charge is 2.22. The largest absolute Gasteiger partial charge is 0.380 e. The molecule has 0 saturated carbocycles. The van der Waals surface area contributed by atoms with Crippen molar-refractivity contribution in [2.75, 3.05) is 7.11 Å². The fourth-order valence-corrected chi connectivity index (χ4v) is 1.75. The summed E-state index contributed by atoms with van der Waals surface area (Å²) in [5.41, 5.74) is 0.723. The average molecular weight is 274 g/mol. The van der Waals surface area contributed by atoms with Crippen molar-refractivity contribution >= 4 is 5.78 Å². The molecule has 0 spiro atoms. The molecule has 2 aromatic rings. The van der Waals surface area contributed by atoms with Gasteiger partial charge in [-0.15, -0.1) is 0 Å². The first-order valence-electron chi connectivity index (χ1n) is 5.97. The number of hydrogen-bond acceptors (Lipinski definition) is 5. The van der Waals surface area contributed by atoms with Crippen LogP contribution in [0.2, 0.25) is 0 Å². The van der Waals surface area contributed by atoms with Crippen LogP contribution in [0.1, 0.15) is 22.0 Å². The third-order valence-electron chi connectivity index (χ3n) is 2.71. The van der Waals surface area contributed by atoms with Crippen LogP contribution in [0.3, 0.4) is 0 Å². The van der Waals surface area contributed by atoms with Crippen LogP contribution in [0.15, 0.2) is 54.6 Å². The molecule has 1 atom stereocenters. The Labute approximate surface area is 116 Å². The van der Waals surface area contributed by atoms with Crippen molar-refractivity contribution in [3.8, 4) is 5.75 Å². The van der Waals surface area contributed by atoms with Gasteiger partial charge in [0.05, 0.1) is 12.7 Å². The summed E-state index contributed by atoms with van der Waals surface area (Å²) in [6, 6.07) is 15.1. The van der Waals surface area contributed by atoms with E-state index in [1.165, 1.54) is 7.11 Å². The van der Waals surface area contributed by atoms with Crippen molar-refractivity contribution in [1.29, 1.82) is 0 Å². The molecule has 0 aliphatic rings. The smallest absolute Gasteiger partial charge is 0.199 e. The lowest BCUT2D eigenvalue weighted by Gasteiger charge is -2.12. The lowest BCUT2D eigenvalue weighted by Crippen LogP contribution is -2.13. The van der Waals surface area contributed by atoms with Crippen LogP contribution in [0.5, 0.6) is 5.75 Å². The maximum absolute atomic E-state index is 12.3. The molecule has 5 nitrogen and oxygen atoms in total. The van der Waals surface area contributed by atoms with Gasteiger partial charge in [0.1, 0.15) is 6.10 Å². The molecular formula is C15H14O5. The third kappa shape index (κ3) is 3.21. The van der Waals surface area contributed by atoms with E-state index in [9.17, 15) is 9.90 Å². The van der Waals surface area contributed by atoms with Crippen LogP contribution in [0.4, 0.5) is 0 Å². The number of benzene rings is 2. The minimum atomic E-state index is -1.26. The van der Waals surface area contributed by atoms with Crippen LogP contribution in [0, 0.1) is 0 Å². The van der Waals surface area contributed by atoms with Gasteiger partial charge < -0.3 is 9.99 Å². The zero-order valence-electron chi connectivity index (χ0n) is 10.9. The summed E-state index contributed by atoms with van der Waals surface area (Å²) in [6.45, 7) is 0. The summed E-state index contributed by atoms with van der Waals surface area (Å²) >= 11 is 0. The predicted molar refractivity (Wildman–Crippen MR) is 70.9 cm³/mol. The van der Waals surface area contributed by atoms with E-state index >= 15 is 0 Å². The lowest BCUT2D eigenvalue weighted by atomic mass is 9.99. The van der Waals surface area contributed by atoms with Crippen molar-refractivity contribution in [3.63, 3.8) is 0 Å². The SMILES string of the molecule is COOOc1ccccc1C(=O)C(O)c1ccccc1. The van der Waals surface area contributed by atoms with Crippen molar-refractivity contribution in [3.05, 3.63) is 65.7 Å². The number of aliphatic hydroxyl groups is 1. The number of para-hydroxylation sites is 1. The maximum atomic E-state index is 12.3. The van der Waals surface area contributed by atoms with Crippen LogP contribution < -0.4 is 4.89 Å². The van der Waals surface area contributed by atoms with Crippen molar-refractivity contribution in [2.45, 2.75) is 6.10 Å². The molecule has 1 unspecified atom stereocenters. The summed E-state index contributed by atoms with van der Waals surface area (Å²) < 4.78 is 0. The van der Waals surface area contributed by atoms with Gasteiger partial charge >= 0.3 is 0 Å². The molecule has 0 aromatic heterocycles. The Morgan fingerprint density at radius 3 is 2.40 bits per heavy atom. The second-order valence-electron chi connectivity index (χ2n) is 3.99. The molecule has 0 saturated heterocycles. The van der Waals surface area contributed by atoms with Gasteiger partial charge in [-0.25, -0.2) is 0 Å². The van der Waals surface area contributed by atoms with Crippen LogP contribution in [-0.2, 0) is 9.93 Å². The van der Waals surface area contributed by atoms with Gasteiger partial charge in [0, 0.05) is 0 Å². The van der Waals surface area contributed by atoms with E-state index in [1.807, 2.05) is 6.07 Å². The van der Waals surface area contributed by atoms with Crippen molar-refractivity contribution in [2.24, 2.45) is 0 Å². The maximum Gasteiger partial charge on any atom is 0.199 e. The summed E-state index contributed by atoms with van der Waals surface area (Å²) in [6.07, 6.45) is -1.26. The first-order chi connectivity index (χ1) is 9.74. The van der Waals surface area contributed by atoms with Crippen LogP contribution in [0.25, 0.3) is 0 Å². The minimum Gasteiger partial charge on any atom is -0.380 e. The van der Waals surface area contributed by atoms with E-state index in [-0.39, 0.29) is 11.3 Å². The van der Waals surface area contributed by atoms with Gasteiger partial charge in [-0.1, -0.05) is 42.5 Å². The molecule has 5 heteroatoms. The highest BCUT2D eigenvalue weighted by molar-refractivity contribution is 6.02. The standard InChI is InChI=1S/C15H14O5/c1-18-20-19-13-10-6-5-9-12(13)15(17)14(16)11-7-3-2-4-8-11/h2-10,14,16H,1H3. The van der Waals surface area contributed by atoms with Gasteiger partial charge in [-0.3, -0.25) is 4.79 Å². The Morgan fingerprint density at radius 2 is 1.70 bits per heavy atom. The second kappa shape index (κ2) is 6.81. The van der Waals surface area contributed by atoms with E-state index in [4.69, 9.17) is 4.89 Å².